The van der Waals surface area contributed by atoms with Gasteiger partial charge >= 0.3 is 0 Å². The molecule has 5 heteroatoms. The average Bonchev–Trinajstić information content (AvgIpc) is 2.95. The Labute approximate surface area is 146 Å². The van der Waals surface area contributed by atoms with Crippen molar-refractivity contribution < 1.29 is 8.42 Å². The van der Waals surface area contributed by atoms with Gasteiger partial charge in [-0.15, -0.1) is 0 Å². The summed E-state index contributed by atoms with van der Waals surface area (Å²) in [6, 6.07) is 22.3. The van der Waals surface area contributed by atoms with Crippen LogP contribution in [0.15, 0.2) is 77.7 Å². The molecule has 0 spiro atoms. The summed E-state index contributed by atoms with van der Waals surface area (Å²) in [4.78, 5) is 0.267. The van der Waals surface area contributed by atoms with Crippen molar-refractivity contribution in [3.05, 3.63) is 72.8 Å². The maximum Gasteiger partial charge on any atom is 0.261 e. The molecule has 0 amide bonds. The number of benzene rings is 3. The van der Waals surface area contributed by atoms with E-state index in [0.29, 0.717) is 5.69 Å². The third-order valence-electron chi connectivity index (χ3n) is 4.40. The Morgan fingerprint density at radius 3 is 2.28 bits per heavy atom. The van der Waals surface area contributed by atoms with Gasteiger partial charge in [0.05, 0.1) is 4.90 Å². The Bertz CT molecular complexity index is 1160. The van der Waals surface area contributed by atoms with Gasteiger partial charge in [0, 0.05) is 34.0 Å². The highest BCUT2D eigenvalue weighted by atomic mass is 32.2. The normalized spacial score (nSPS) is 11.9. The fourth-order valence-corrected chi connectivity index (χ4v) is 4.35. The van der Waals surface area contributed by atoms with Gasteiger partial charge in [0.15, 0.2) is 0 Å². The van der Waals surface area contributed by atoms with Gasteiger partial charge < -0.3 is 4.57 Å². The van der Waals surface area contributed by atoms with Crippen molar-refractivity contribution in [2.45, 2.75) is 18.4 Å². The maximum atomic E-state index is 12.7. The number of aryl methyl sites for hydroxylation is 1. The molecule has 0 aliphatic heterocycles. The summed E-state index contributed by atoms with van der Waals surface area (Å²) in [5.41, 5.74) is 2.71. The van der Waals surface area contributed by atoms with E-state index in [0.717, 1.165) is 28.4 Å². The second kappa shape index (κ2) is 5.93. The Morgan fingerprint density at radius 1 is 0.840 bits per heavy atom. The van der Waals surface area contributed by atoms with E-state index in [9.17, 15) is 8.42 Å². The highest BCUT2D eigenvalue weighted by Crippen LogP contribution is 2.31. The standard InChI is InChI=1S/C20H18N2O2S/c1-2-22-19-11-7-6-10-17(19)18-14-16(12-13-20(18)22)25(23,24)21-15-8-4-3-5-9-15/h3-14,21H,2H2,1H3. The molecule has 1 aromatic heterocycles. The van der Waals surface area contributed by atoms with Crippen molar-refractivity contribution in [1.82, 2.24) is 4.57 Å². The molecule has 4 rings (SSSR count). The minimum absolute atomic E-state index is 0.267. The van der Waals surface area contributed by atoms with Crippen LogP contribution < -0.4 is 4.72 Å². The smallest absolute Gasteiger partial charge is 0.261 e. The van der Waals surface area contributed by atoms with Crippen LogP contribution in [0.4, 0.5) is 5.69 Å². The van der Waals surface area contributed by atoms with Gasteiger partial charge in [-0.25, -0.2) is 8.42 Å². The van der Waals surface area contributed by atoms with Crippen molar-refractivity contribution in [3.63, 3.8) is 0 Å². The lowest BCUT2D eigenvalue weighted by Crippen LogP contribution is -2.12. The number of nitrogens with one attached hydrogen (secondary N) is 1. The molecule has 4 nitrogen and oxygen atoms in total. The maximum absolute atomic E-state index is 12.7. The molecular weight excluding hydrogens is 332 g/mol. The Kier molecular flexibility index (Phi) is 3.73. The van der Waals surface area contributed by atoms with Crippen LogP contribution in [0.25, 0.3) is 21.8 Å². The summed E-state index contributed by atoms with van der Waals surface area (Å²) in [7, 11) is -3.63. The van der Waals surface area contributed by atoms with Crippen LogP contribution in [0.1, 0.15) is 6.92 Å². The first-order valence-electron chi connectivity index (χ1n) is 8.19. The van der Waals surface area contributed by atoms with E-state index in [1.807, 2.05) is 30.3 Å². The highest BCUT2D eigenvalue weighted by molar-refractivity contribution is 7.92. The lowest BCUT2D eigenvalue weighted by atomic mass is 10.1. The molecule has 0 aliphatic carbocycles. The molecule has 0 saturated heterocycles. The summed E-state index contributed by atoms with van der Waals surface area (Å²) in [5, 5.41) is 2.02. The second-order valence-electron chi connectivity index (χ2n) is 5.91. The van der Waals surface area contributed by atoms with E-state index in [-0.39, 0.29) is 4.90 Å². The number of rotatable bonds is 4. The molecule has 3 aromatic carbocycles. The van der Waals surface area contributed by atoms with Gasteiger partial charge in [0.1, 0.15) is 0 Å². The highest BCUT2D eigenvalue weighted by Gasteiger charge is 2.17. The number of nitrogens with zero attached hydrogens (tertiary/aromatic N) is 1. The van der Waals surface area contributed by atoms with Gasteiger partial charge in [-0.1, -0.05) is 36.4 Å². The zero-order chi connectivity index (χ0) is 17.4. The molecule has 126 valence electrons. The molecule has 0 fully saturated rings. The third-order valence-corrected chi connectivity index (χ3v) is 5.78. The Hall–Kier alpha value is -2.79. The molecule has 0 unspecified atom stereocenters. The summed E-state index contributed by atoms with van der Waals surface area (Å²) in [6.07, 6.45) is 0. The summed E-state index contributed by atoms with van der Waals surface area (Å²) < 4.78 is 30.3. The van der Waals surface area contributed by atoms with Crippen LogP contribution in [0.3, 0.4) is 0 Å². The molecule has 0 bridgehead atoms. The van der Waals surface area contributed by atoms with Crippen LogP contribution >= 0.6 is 0 Å². The SMILES string of the molecule is CCn1c2ccccc2c2cc(S(=O)(=O)Nc3ccccc3)ccc21. The predicted molar refractivity (Wildman–Crippen MR) is 102 cm³/mol. The van der Waals surface area contributed by atoms with Crippen molar-refractivity contribution in [2.75, 3.05) is 4.72 Å². The van der Waals surface area contributed by atoms with Crippen molar-refractivity contribution in [1.29, 1.82) is 0 Å². The minimum Gasteiger partial charge on any atom is -0.341 e. The molecule has 4 aromatic rings. The van der Waals surface area contributed by atoms with E-state index in [4.69, 9.17) is 0 Å². The van der Waals surface area contributed by atoms with Gasteiger partial charge in [0.2, 0.25) is 0 Å². The third kappa shape index (κ3) is 2.66. The van der Waals surface area contributed by atoms with Gasteiger partial charge in [-0.2, -0.15) is 0 Å². The van der Waals surface area contributed by atoms with Gasteiger partial charge in [-0.05, 0) is 43.3 Å². The number of para-hydroxylation sites is 2. The fraction of sp³-hybridized carbons (Fsp3) is 0.100. The monoisotopic (exact) mass is 350 g/mol. The second-order valence-corrected chi connectivity index (χ2v) is 7.59. The first-order valence-corrected chi connectivity index (χ1v) is 9.67. The van der Waals surface area contributed by atoms with E-state index < -0.39 is 10.0 Å². The van der Waals surface area contributed by atoms with E-state index in [2.05, 4.69) is 22.3 Å². The molecule has 1 N–H and O–H groups in total. The summed E-state index contributed by atoms with van der Waals surface area (Å²) in [5.74, 6) is 0. The first kappa shape index (κ1) is 15.7. The van der Waals surface area contributed by atoms with Crippen LogP contribution in [0.2, 0.25) is 0 Å². The lowest BCUT2D eigenvalue weighted by Gasteiger charge is -2.08. The summed E-state index contributed by atoms with van der Waals surface area (Å²) in [6.45, 7) is 2.92. The molecular formula is C20H18N2O2S. The van der Waals surface area contributed by atoms with E-state index >= 15 is 0 Å². The quantitative estimate of drug-likeness (QED) is 0.584. The van der Waals surface area contributed by atoms with Crippen molar-refractivity contribution in [3.8, 4) is 0 Å². The fourth-order valence-electron chi connectivity index (χ4n) is 3.26. The molecule has 0 radical (unpaired) electrons. The number of fused-ring (bicyclic) bond motifs is 3. The first-order chi connectivity index (χ1) is 12.1. The van der Waals surface area contributed by atoms with E-state index in [1.165, 1.54) is 0 Å². The molecule has 0 aliphatic rings. The number of aromatic nitrogens is 1. The van der Waals surface area contributed by atoms with Crippen LogP contribution in [0, 0.1) is 0 Å². The van der Waals surface area contributed by atoms with Crippen molar-refractivity contribution >= 4 is 37.5 Å². The lowest BCUT2D eigenvalue weighted by molar-refractivity contribution is 0.601. The molecule has 0 saturated carbocycles. The minimum atomic E-state index is -3.63. The predicted octanol–water partition coefficient (Wildman–Crippen LogP) is 4.62. The average molecular weight is 350 g/mol. The largest absolute Gasteiger partial charge is 0.341 e. The number of hydrogen-bond donors (Lipinski definition) is 1. The molecule has 25 heavy (non-hydrogen) atoms. The van der Waals surface area contributed by atoms with Crippen LogP contribution in [-0.2, 0) is 16.6 Å². The number of hydrogen-bond acceptors (Lipinski definition) is 2. The zero-order valence-corrected chi connectivity index (χ0v) is 14.6. The number of sulfonamides is 1. The van der Waals surface area contributed by atoms with Crippen LogP contribution in [0.5, 0.6) is 0 Å². The van der Waals surface area contributed by atoms with Gasteiger partial charge in [-0.3, -0.25) is 4.72 Å². The van der Waals surface area contributed by atoms with Gasteiger partial charge in [0.25, 0.3) is 10.0 Å². The molecule has 0 atom stereocenters. The zero-order valence-electron chi connectivity index (χ0n) is 13.8. The van der Waals surface area contributed by atoms with E-state index in [1.54, 1.807) is 36.4 Å². The topological polar surface area (TPSA) is 51.1 Å². The van der Waals surface area contributed by atoms with Crippen LogP contribution in [-0.4, -0.2) is 13.0 Å². The molecule has 1 heterocycles. The Balaban J connectivity index is 1.88. The summed E-state index contributed by atoms with van der Waals surface area (Å²) >= 11 is 0. The van der Waals surface area contributed by atoms with Crippen molar-refractivity contribution in [2.24, 2.45) is 0 Å². The Morgan fingerprint density at radius 2 is 1.52 bits per heavy atom. The number of anilines is 1.